The van der Waals surface area contributed by atoms with Gasteiger partial charge in [0.1, 0.15) is 0 Å². The largest absolute Gasteiger partial charge is 0.371 e. The zero-order valence-electron chi connectivity index (χ0n) is 22.8. The third-order valence-electron chi connectivity index (χ3n) is 7.18. The maximum absolute atomic E-state index is 12.0. The van der Waals surface area contributed by atoms with Gasteiger partial charge >= 0.3 is 0 Å². The van der Waals surface area contributed by atoms with Gasteiger partial charge in [-0.2, -0.15) is 0 Å². The summed E-state index contributed by atoms with van der Waals surface area (Å²) in [6, 6.07) is 0. The van der Waals surface area contributed by atoms with Crippen molar-refractivity contribution in [2.45, 2.75) is 95.4 Å². The number of rotatable bonds is 20. The molecule has 2 heterocycles. The summed E-state index contributed by atoms with van der Waals surface area (Å²) in [5.41, 5.74) is 21.0. The Hall–Kier alpha value is -1.75. The molecule has 37 heavy (non-hydrogen) atoms. The van der Waals surface area contributed by atoms with Gasteiger partial charge in [0.05, 0.1) is 12.7 Å². The molecule has 0 aromatic heterocycles. The molecule has 0 amide bonds. The van der Waals surface area contributed by atoms with Crippen LogP contribution in [0.4, 0.5) is 0 Å². The van der Waals surface area contributed by atoms with Crippen LogP contribution in [0, 0.1) is 0 Å². The fourth-order valence-corrected chi connectivity index (χ4v) is 6.35. The van der Waals surface area contributed by atoms with E-state index < -0.39 is 5.72 Å². The molecule has 2 atom stereocenters. The average Bonchev–Trinajstić information content (AvgIpc) is 3.15. The number of guanidine groups is 2. The molecule has 0 aromatic carbocycles. The first-order chi connectivity index (χ1) is 17.9. The summed E-state index contributed by atoms with van der Waals surface area (Å²) in [5, 5.41) is 12.0. The summed E-state index contributed by atoms with van der Waals surface area (Å²) >= 11 is 1.69. The zero-order valence-corrected chi connectivity index (χ0v) is 23.6. The van der Waals surface area contributed by atoms with Gasteiger partial charge in [-0.3, -0.25) is 19.8 Å². The summed E-state index contributed by atoms with van der Waals surface area (Å²) in [7, 11) is 0. The molecule has 2 rings (SSSR count). The van der Waals surface area contributed by atoms with Crippen LogP contribution in [-0.2, 0) is 0 Å². The van der Waals surface area contributed by atoms with Crippen LogP contribution >= 0.6 is 11.8 Å². The molecule has 9 nitrogen and oxygen atoms in total. The van der Waals surface area contributed by atoms with Crippen LogP contribution < -0.4 is 22.9 Å². The number of nitrogens with zero attached hydrogens (tertiary/aromatic N) is 4. The number of thioether (sulfide) groups is 1. The van der Waals surface area contributed by atoms with Crippen molar-refractivity contribution in [1.29, 1.82) is 0 Å². The first kappa shape index (κ1) is 31.5. The highest BCUT2D eigenvalue weighted by Crippen LogP contribution is 2.44. The molecule has 2 aliphatic rings. The van der Waals surface area contributed by atoms with Crippen molar-refractivity contribution in [3.05, 3.63) is 23.6 Å². The van der Waals surface area contributed by atoms with Gasteiger partial charge in [0, 0.05) is 30.3 Å². The van der Waals surface area contributed by atoms with E-state index in [1.54, 1.807) is 11.8 Å². The van der Waals surface area contributed by atoms with Crippen molar-refractivity contribution in [3.8, 4) is 0 Å². The van der Waals surface area contributed by atoms with Crippen LogP contribution in [0.15, 0.2) is 33.6 Å². The minimum atomic E-state index is -0.908. The number of hydrogen-bond acceptors (Lipinski definition) is 6. The quantitative estimate of drug-likeness (QED) is 0.0688. The van der Waals surface area contributed by atoms with Crippen molar-refractivity contribution < 1.29 is 5.11 Å². The third kappa shape index (κ3) is 11.3. The van der Waals surface area contributed by atoms with Gasteiger partial charge in [-0.25, -0.2) is 0 Å². The van der Waals surface area contributed by atoms with E-state index in [2.05, 4.69) is 32.4 Å². The van der Waals surface area contributed by atoms with E-state index in [0.717, 1.165) is 75.2 Å². The van der Waals surface area contributed by atoms with E-state index in [4.69, 9.17) is 22.9 Å². The number of aliphatic imine (C=N–C) groups is 2. The molecular formula is C27H52N8OS. The number of fused-ring (bicyclic) bond motifs is 1. The normalized spacial score (nSPS) is 21.9. The van der Waals surface area contributed by atoms with Crippen LogP contribution in [0.2, 0.25) is 0 Å². The van der Waals surface area contributed by atoms with Gasteiger partial charge in [-0.05, 0) is 57.6 Å². The summed E-state index contributed by atoms with van der Waals surface area (Å²) < 4.78 is 0. The van der Waals surface area contributed by atoms with Gasteiger partial charge in [0.15, 0.2) is 17.6 Å². The van der Waals surface area contributed by atoms with E-state index in [1.807, 2.05) is 6.08 Å². The van der Waals surface area contributed by atoms with E-state index in [1.165, 1.54) is 38.5 Å². The van der Waals surface area contributed by atoms with Crippen LogP contribution in [0.3, 0.4) is 0 Å². The Morgan fingerprint density at radius 2 is 1.59 bits per heavy atom. The highest BCUT2D eigenvalue weighted by molar-refractivity contribution is 8.03. The lowest BCUT2D eigenvalue weighted by atomic mass is 10.0. The molecule has 0 saturated carbocycles. The summed E-state index contributed by atoms with van der Waals surface area (Å²) in [6.45, 7) is 7.91. The van der Waals surface area contributed by atoms with E-state index in [-0.39, 0.29) is 18.1 Å². The molecule has 0 aliphatic carbocycles. The first-order valence-electron chi connectivity index (χ1n) is 14.2. The average molecular weight is 537 g/mol. The lowest BCUT2D eigenvalue weighted by Crippen LogP contribution is -2.58. The third-order valence-corrected chi connectivity index (χ3v) is 8.34. The Kier molecular flexibility index (Phi) is 15.1. The highest BCUT2D eigenvalue weighted by Gasteiger charge is 2.49. The van der Waals surface area contributed by atoms with Gasteiger partial charge in [-0.1, -0.05) is 44.6 Å². The predicted octanol–water partition coefficient (Wildman–Crippen LogP) is 3.05. The van der Waals surface area contributed by atoms with E-state index in [0.29, 0.717) is 13.1 Å². The number of allylic oxidation sites excluding steroid dienone is 1. The fraction of sp³-hybridized carbons (Fsp3) is 0.778. The summed E-state index contributed by atoms with van der Waals surface area (Å²) in [5.74, 6) is 1.01. The molecule has 10 heteroatoms. The van der Waals surface area contributed by atoms with Crippen molar-refractivity contribution in [2.24, 2.45) is 32.9 Å². The Bertz CT molecular complexity index is 751. The number of unbranched alkanes of at least 4 members (excludes halogenated alkanes) is 9. The van der Waals surface area contributed by atoms with Crippen molar-refractivity contribution >= 4 is 23.7 Å². The molecule has 9 N–H and O–H groups in total. The summed E-state index contributed by atoms with van der Waals surface area (Å²) in [6.07, 6.45) is 19.2. The van der Waals surface area contributed by atoms with Crippen LogP contribution in [-0.4, -0.2) is 77.2 Å². The minimum absolute atomic E-state index is 0.112. The van der Waals surface area contributed by atoms with Gasteiger partial charge in [0.25, 0.3) is 0 Å². The molecule has 0 bridgehead atoms. The Labute approximate surface area is 228 Å². The van der Waals surface area contributed by atoms with Gasteiger partial charge in [-0.15, -0.1) is 18.3 Å². The highest BCUT2D eigenvalue weighted by atomic mass is 32.2. The topological polar surface area (TPSA) is 156 Å². The monoisotopic (exact) mass is 536 g/mol. The van der Waals surface area contributed by atoms with Crippen LogP contribution in [0.1, 0.15) is 83.5 Å². The smallest absolute Gasteiger partial charge is 0.185 e. The van der Waals surface area contributed by atoms with Crippen molar-refractivity contribution in [1.82, 2.24) is 9.80 Å². The molecule has 1 saturated heterocycles. The maximum atomic E-state index is 12.0. The van der Waals surface area contributed by atoms with Crippen molar-refractivity contribution in [2.75, 3.05) is 38.5 Å². The molecular weight excluding hydrogens is 484 g/mol. The molecule has 0 aromatic rings. The molecule has 2 unspecified atom stereocenters. The number of nitrogens with two attached hydrogens (primary N) is 4. The lowest BCUT2D eigenvalue weighted by Gasteiger charge is -2.46. The lowest BCUT2D eigenvalue weighted by molar-refractivity contribution is -0.123. The van der Waals surface area contributed by atoms with Gasteiger partial charge in [0.2, 0.25) is 0 Å². The Morgan fingerprint density at radius 3 is 2.27 bits per heavy atom. The zero-order chi connectivity index (χ0) is 26.9. The Morgan fingerprint density at radius 1 is 0.946 bits per heavy atom. The maximum Gasteiger partial charge on any atom is 0.185 e. The SMILES string of the molecule is C=CCCCCCCCCCCC1(O)C(SCCN=C(N)N)=CC2N(CCCCN=C(N)N)CCCN21. The molecule has 0 radical (unpaired) electrons. The second-order valence-electron chi connectivity index (χ2n) is 10.2. The molecule has 2 aliphatic heterocycles. The van der Waals surface area contributed by atoms with Gasteiger partial charge < -0.3 is 28.0 Å². The van der Waals surface area contributed by atoms with Crippen LogP contribution in [0.5, 0.6) is 0 Å². The molecule has 212 valence electrons. The van der Waals surface area contributed by atoms with E-state index in [9.17, 15) is 5.11 Å². The van der Waals surface area contributed by atoms with E-state index >= 15 is 0 Å². The fourth-order valence-electron chi connectivity index (χ4n) is 5.28. The standard InChI is InChI=1S/C27H52N8OS/c1-2-3-4-5-6-7-8-9-10-11-15-27(36)23(37-21-17-33-26(30)31)22-24-34(19-14-20-35(24)27)18-13-12-16-32-25(28)29/h2,22,24,36H,1,3-21H2,(H4,28,29,32)(H4,30,31,33). The molecule has 0 spiro atoms. The summed E-state index contributed by atoms with van der Waals surface area (Å²) in [4.78, 5) is 14.1. The number of hydrogen-bond donors (Lipinski definition) is 5. The second-order valence-corrected chi connectivity index (χ2v) is 11.3. The predicted molar refractivity (Wildman–Crippen MR) is 159 cm³/mol. The molecule has 1 fully saturated rings. The van der Waals surface area contributed by atoms with Crippen LogP contribution in [0.25, 0.3) is 0 Å². The first-order valence-corrected chi connectivity index (χ1v) is 15.2. The minimum Gasteiger partial charge on any atom is -0.371 e. The van der Waals surface area contributed by atoms with Crippen molar-refractivity contribution in [3.63, 3.8) is 0 Å². The number of aliphatic hydroxyl groups is 1. The second kappa shape index (κ2) is 17.7. The Balaban J connectivity index is 1.90.